The molecule has 2 aromatic carbocycles. The number of fused-ring (bicyclic) bond motifs is 1. The Morgan fingerprint density at radius 1 is 1.12 bits per heavy atom. The third-order valence-electron chi connectivity index (χ3n) is 4.45. The molecule has 5 nitrogen and oxygen atoms in total. The van der Waals surface area contributed by atoms with Crippen LogP contribution in [0.4, 0.5) is 0 Å². The molecule has 3 rings (SSSR count). The lowest BCUT2D eigenvalue weighted by Crippen LogP contribution is -2.29. The molecular weight excluding hydrogens is 398 g/mol. The Labute approximate surface area is 160 Å². The first-order chi connectivity index (χ1) is 12.5. The number of ether oxygens (including phenoxy) is 2. The van der Waals surface area contributed by atoms with E-state index in [1.165, 1.54) is 0 Å². The molecule has 3 aromatic rings. The molecule has 0 unspecified atom stereocenters. The van der Waals surface area contributed by atoms with Crippen molar-refractivity contribution in [3.63, 3.8) is 0 Å². The molecule has 26 heavy (non-hydrogen) atoms. The molecule has 136 valence electrons. The summed E-state index contributed by atoms with van der Waals surface area (Å²) < 4.78 is 17.2. The van der Waals surface area contributed by atoms with Gasteiger partial charge in [0.2, 0.25) is 0 Å². The summed E-state index contributed by atoms with van der Waals surface area (Å²) in [5.74, 6) is 1.66. The van der Waals surface area contributed by atoms with Gasteiger partial charge in [-0.3, -0.25) is 4.79 Å². The van der Waals surface area contributed by atoms with Gasteiger partial charge in [0, 0.05) is 18.0 Å². The Morgan fingerprint density at radius 2 is 1.73 bits per heavy atom. The quantitative estimate of drug-likeness (QED) is 0.582. The highest BCUT2D eigenvalue weighted by molar-refractivity contribution is 9.10. The number of amides is 1. The molecule has 1 atom stereocenters. The molecule has 0 aliphatic rings. The predicted molar refractivity (Wildman–Crippen MR) is 104 cm³/mol. The van der Waals surface area contributed by atoms with Gasteiger partial charge in [-0.05, 0) is 47.1 Å². The Hall–Kier alpha value is -2.47. The standard InChI is InChI=1S/C20H20BrNO4/c1-12(16-9-13-7-5-6-8-15(13)26-16)22(2)20(23)14-10-17(24-3)19(21)18(11-14)25-4/h5-12H,1-4H3/t12-/m0/s1. The van der Waals surface area contributed by atoms with Crippen LogP contribution >= 0.6 is 15.9 Å². The molecule has 0 aliphatic carbocycles. The van der Waals surface area contributed by atoms with Crippen molar-refractivity contribution in [3.8, 4) is 11.5 Å². The summed E-state index contributed by atoms with van der Waals surface area (Å²) in [4.78, 5) is 14.6. The highest BCUT2D eigenvalue weighted by Gasteiger charge is 2.24. The van der Waals surface area contributed by atoms with Crippen molar-refractivity contribution in [2.45, 2.75) is 13.0 Å². The summed E-state index contributed by atoms with van der Waals surface area (Å²) in [7, 11) is 4.85. The minimum atomic E-state index is -0.226. The summed E-state index contributed by atoms with van der Waals surface area (Å²) in [6.07, 6.45) is 0. The van der Waals surface area contributed by atoms with E-state index in [9.17, 15) is 4.79 Å². The summed E-state index contributed by atoms with van der Waals surface area (Å²) in [6.45, 7) is 1.93. The van der Waals surface area contributed by atoms with Gasteiger partial charge >= 0.3 is 0 Å². The number of rotatable bonds is 5. The number of carbonyl (C=O) groups excluding carboxylic acids is 1. The number of furan rings is 1. The lowest BCUT2D eigenvalue weighted by Gasteiger charge is -2.24. The van der Waals surface area contributed by atoms with Crippen molar-refractivity contribution in [1.29, 1.82) is 0 Å². The lowest BCUT2D eigenvalue weighted by molar-refractivity contribution is 0.0726. The average Bonchev–Trinajstić information content (AvgIpc) is 3.10. The van der Waals surface area contributed by atoms with Crippen LogP contribution in [0.2, 0.25) is 0 Å². The molecule has 1 amide bonds. The third kappa shape index (κ3) is 3.29. The van der Waals surface area contributed by atoms with Gasteiger partial charge in [-0.1, -0.05) is 18.2 Å². The Bertz CT molecular complexity index is 892. The molecule has 0 spiro atoms. The van der Waals surface area contributed by atoms with E-state index < -0.39 is 0 Å². The molecule has 0 N–H and O–H groups in total. The maximum Gasteiger partial charge on any atom is 0.254 e. The number of para-hydroxylation sites is 1. The number of benzene rings is 2. The van der Waals surface area contributed by atoms with Crippen molar-refractivity contribution in [3.05, 3.63) is 58.3 Å². The second kappa shape index (κ2) is 7.41. The van der Waals surface area contributed by atoms with E-state index in [0.29, 0.717) is 21.5 Å². The Balaban J connectivity index is 1.91. The van der Waals surface area contributed by atoms with Crippen LogP contribution < -0.4 is 9.47 Å². The van der Waals surface area contributed by atoms with Crippen molar-refractivity contribution in [2.75, 3.05) is 21.3 Å². The highest BCUT2D eigenvalue weighted by Crippen LogP contribution is 2.36. The molecule has 0 radical (unpaired) electrons. The van der Waals surface area contributed by atoms with Crippen molar-refractivity contribution in [2.24, 2.45) is 0 Å². The molecule has 0 bridgehead atoms. The van der Waals surface area contributed by atoms with Crippen LogP contribution in [0.5, 0.6) is 11.5 Å². The second-order valence-electron chi connectivity index (χ2n) is 5.97. The smallest absolute Gasteiger partial charge is 0.254 e. The van der Waals surface area contributed by atoms with Crippen LogP contribution in [0.25, 0.3) is 11.0 Å². The van der Waals surface area contributed by atoms with Gasteiger partial charge in [0.1, 0.15) is 27.3 Å². The number of hydrogen-bond acceptors (Lipinski definition) is 4. The van der Waals surface area contributed by atoms with E-state index in [-0.39, 0.29) is 11.9 Å². The molecule has 1 aromatic heterocycles. The normalized spacial score (nSPS) is 12.0. The lowest BCUT2D eigenvalue weighted by atomic mass is 10.1. The number of nitrogens with zero attached hydrogens (tertiary/aromatic N) is 1. The molecule has 6 heteroatoms. The summed E-state index contributed by atoms with van der Waals surface area (Å²) in [5.41, 5.74) is 1.29. The summed E-state index contributed by atoms with van der Waals surface area (Å²) >= 11 is 3.42. The molecule has 1 heterocycles. The second-order valence-corrected chi connectivity index (χ2v) is 6.77. The average molecular weight is 418 g/mol. The minimum Gasteiger partial charge on any atom is -0.495 e. The predicted octanol–water partition coefficient (Wildman–Crippen LogP) is 5.05. The van der Waals surface area contributed by atoms with E-state index in [1.807, 2.05) is 37.3 Å². The maximum absolute atomic E-state index is 13.0. The van der Waals surface area contributed by atoms with E-state index >= 15 is 0 Å². The summed E-state index contributed by atoms with van der Waals surface area (Å²) in [6, 6.07) is 12.9. The largest absolute Gasteiger partial charge is 0.495 e. The monoisotopic (exact) mass is 417 g/mol. The first-order valence-electron chi connectivity index (χ1n) is 8.13. The molecule has 0 fully saturated rings. The topological polar surface area (TPSA) is 51.9 Å². The fourth-order valence-corrected chi connectivity index (χ4v) is 3.32. The van der Waals surface area contributed by atoms with Gasteiger partial charge in [-0.15, -0.1) is 0 Å². The number of hydrogen-bond donors (Lipinski definition) is 0. The van der Waals surface area contributed by atoms with Gasteiger partial charge in [-0.2, -0.15) is 0 Å². The first kappa shape index (κ1) is 18.3. The highest BCUT2D eigenvalue weighted by atomic mass is 79.9. The third-order valence-corrected chi connectivity index (χ3v) is 5.23. The minimum absolute atomic E-state index is 0.151. The van der Waals surface area contributed by atoms with E-state index in [1.54, 1.807) is 38.3 Å². The van der Waals surface area contributed by atoms with E-state index in [0.717, 1.165) is 16.7 Å². The number of carbonyl (C=O) groups is 1. The van der Waals surface area contributed by atoms with E-state index in [2.05, 4.69) is 15.9 Å². The molecule has 0 aliphatic heterocycles. The number of methoxy groups -OCH3 is 2. The summed E-state index contributed by atoms with van der Waals surface area (Å²) in [5, 5.41) is 1.02. The maximum atomic E-state index is 13.0. The van der Waals surface area contributed by atoms with Gasteiger partial charge in [0.05, 0.1) is 20.3 Å². The van der Waals surface area contributed by atoms with E-state index in [4.69, 9.17) is 13.9 Å². The zero-order chi connectivity index (χ0) is 18.8. The van der Waals surface area contributed by atoms with Gasteiger partial charge in [0.25, 0.3) is 5.91 Å². The SMILES string of the molecule is COc1cc(C(=O)N(C)[C@@H](C)c2cc3ccccc3o2)cc(OC)c1Br. The Kier molecular flexibility index (Phi) is 5.23. The molecule has 0 saturated heterocycles. The number of halogens is 1. The zero-order valence-electron chi connectivity index (χ0n) is 15.1. The van der Waals surface area contributed by atoms with Crippen LogP contribution in [0.3, 0.4) is 0 Å². The van der Waals surface area contributed by atoms with Crippen molar-refractivity contribution >= 4 is 32.8 Å². The van der Waals surface area contributed by atoms with Crippen LogP contribution in [-0.2, 0) is 0 Å². The van der Waals surface area contributed by atoms with Gasteiger partial charge in [-0.25, -0.2) is 0 Å². The zero-order valence-corrected chi connectivity index (χ0v) is 16.7. The van der Waals surface area contributed by atoms with Crippen LogP contribution in [0.1, 0.15) is 29.1 Å². The molecule has 0 saturated carbocycles. The van der Waals surface area contributed by atoms with Crippen LogP contribution in [0, 0.1) is 0 Å². The fourth-order valence-electron chi connectivity index (χ4n) is 2.77. The first-order valence-corrected chi connectivity index (χ1v) is 8.92. The molecular formula is C20H20BrNO4. The van der Waals surface area contributed by atoms with Crippen LogP contribution in [0.15, 0.2) is 51.4 Å². The Morgan fingerprint density at radius 3 is 2.31 bits per heavy atom. The fraction of sp³-hybridized carbons (Fsp3) is 0.250. The van der Waals surface area contributed by atoms with Gasteiger partial charge < -0.3 is 18.8 Å². The van der Waals surface area contributed by atoms with Crippen LogP contribution in [-0.4, -0.2) is 32.1 Å². The van der Waals surface area contributed by atoms with Gasteiger partial charge in [0.15, 0.2) is 0 Å². The van der Waals surface area contributed by atoms with Crippen molar-refractivity contribution < 1.29 is 18.7 Å². The van der Waals surface area contributed by atoms with Crippen molar-refractivity contribution in [1.82, 2.24) is 4.90 Å².